The second-order valence-corrected chi connectivity index (χ2v) is 5.18. The van der Waals surface area contributed by atoms with Crippen LogP contribution in [0.15, 0.2) is 36.4 Å². The second-order valence-electron chi connectivity index (χ2n) is 5.18. The summed E-state index contributed by atoms with van der Waals surface area (Å²) in [6, 6.07) is 9.27. The third-order valence-electron chi connectivity index (χ3n) is 2.54. The van der Waals surface area contributed by atoms with E-state index in [0.717, 1.165) is 0 Å². The van der Waals surface area contributed by atoms with E-state index >= 15 is 0 Å². The van der Waals surface area contributed by atoms with Crippen molar-refractivity contribution < 1.29 is 29.6 Å². The van der Waals surface area contributed by atoms with Gasteiger partial charge in [-0.1, -0.05) is 19.9 Å². The monoisotopic (exact) mass is 350 g/mol. The van der Waals surface area contributed by atoms with E-state index in [-0.39, 0.29) is 6.61 Å². The molecular weight excluding hydrogens is 328 g/mol. The smallest absolute Gasteiger partial charge is 0.328 e. The number of hydrogen-bond donors (Lipinski definition) is 4. The maximum absolute atomic E-state index is 9.63. The number of aliphatic hydroxyl groups excluding tert-OH is 1. The van der Waals surface area contributed by atoms with Gasteiger partial charge in [0.1, 0.15) is 18.5 Å². The number of ether oxygens (including phenoxy) is 1. The van der Waals surface area contributed by atoms with Crippen molar-refractivity contribution in [2.75, 3.05) is 13.2 Å². The van der Waals surface area contributed by atoms with Gasteiger partial charge in [-0.3, -0.25) is 0 Å². The van der Waals surface area contributed by atoms with E-state index < -0.39 is 18.0 Å². The molecule has 1 unspecified atom stereocenters. The van der Waals surface area contributed by atoms with Crippen LogP contribution in [0.3, 0.4) is 0 Å². The van der Waals surface area contributed by atoms with Gasteiger partial charge in [-0.25, -0.2) is 9.59 Å². The highest BCUT2D eigenvalue weighted by atomic mass is 16.5. The molecule has 0 amide bonds. The lowest BCUT2D eigenvalue weighted by Gasteiger charge is -2.15. The summed E-state index contributed by atoms with van der Waals surface area (Å²) in [7, 11) is 0. The summed E-state index contributed by atoms with van der Waals surface area (Å²) < 4.78 is 5.40. The van der Waals surface area contributed by atoms with E-state index in [4.69, 9.17) is 20.2 Å². The molecule has 0 aliphatic carbocycles. The molecule has 1 rings (SSSR count). The molecule has 25 heavy (non-hydrogen) atoms. The Labute approximate surface area is 146 Å². The predicted octanol–water partition coefficient (Wildman–Crippen LogP) is 1.01. The van der Waals surface area contributed by atoms with Gasteiger partial charge in [0, 0.05) is 24.7 Å². The Morgan fingerprint density at radius 3 is 2.36 bits per heavy atom. The first-order valence-corrected chi connectivity index (χ1v) is 7.43. The maximum atomic E-state index is 9.63. The molecule has 1 aromatic rings. The van der Waals surface area contributed by atoms with Gasteiger partial charge in [0.2, 0.25) is 0 Å². The van der Waals surface area contributed by atoms with E-state index in [1.54, 1.807) is 24.3 Å². The van der Waals surface area contributed by atoms with Crippen molar-refractivity contribution in [3.63, 3.8) is 0 Å². The van der Waals surface area contributed by atoms with Crippen LogP contribution >= 0.6 is 0 Å². The summed E-state index contributed by atoms with van der Waals surface area (Å²) in [6.45, 7) is 4.75. The van der Waals surface area contributed by atoms with Crippen LogP contribution < -0.4 is 10.1 Å². The van der Waals surface area contributed by atoms with Gasteiger partial charge < -0.3 is 25.4 Å². The number of aliphatic hydroxyl groups is 1. The summed E-state index contributed by atoms with van der Waals surface area (Å²) in [5.74, 6) is -1.91. The van der Waals surface area contributed by atoms with Crippen LogP contribution in [0.4, 0.5) is 0 Å². The van der Waals surface area contributed by atoms with Crippen LogP contribution in [0.2, 0.25) is 0 Å². The lowest BCUT2D eigenvalue weighted by molar-refractivity contribution is -0.134. The molecule has 0 aromatic heterocycles. The molecule has 1 aromatic carbocycles. The fourth-order valence-electron chi connectivity index (χ4n) is 1.42. The summed E-state index contributed by atoms with van der Waals surface area (Å²) in [6.07, 6.45) is 0.563. The number of nitriles is 1. The van der Waals surface area contributed by atoms with Crippen molar-refractivity contribution in [3.8, 4) is 11.8 Å². The van der Waals surface area contributed by atoms with Crippen molar-refractivity contribution in [3.05, 3.63) is 42.0 Å². The first kappa shape index (κ1) is 22.1. The molecule has 4 N–H and O–H groups in total. The van der Waals surface area contributed by atoms with Gasteiger partial charge in [0.15, 0.2) is 0 Å². The zero-order valence-corrected chi connectivity index (χ0v) is 14.0. The van der Waals surface area contributed by atoms with Crippen molar-refractivity contribution >= 4 is 11.9 Å². The molecule has 0 fully saturated rings. The molecule has 0 aliphatic heterocycles. The van der Waals surface area contributed by atoms with Gasteiger partial charge in [-0.05, 0) is 18.2 Å². The van der Waals surface area contributed by atoms with Gasteiger partial charge in [-0.15, -0.1) is 0 Å². The summed E-state index contributed by atoms with van der Waals surface area (Å²) >= 11 is 0. The minimum atomic E-state index is -1.26. The lowest BCUT2D eigenvalue weighted by Crippen LogP contribution is -2.35. The number of rotatable bonds is 8. The number of aliphatic carboxylic acids is 2. The minimum Gasteiger partial charge on any atom is -0.491 e. The van der Waals surface area contributed by atoms with Crippen LogP contribution in [0.1, 0.15) is 19.4 Å². The average molecular weight is 350 g/mol. The Hall–Kier alpha value is -2.89. The van der Waals surface area contributed by atoms with Crippen molar-refractivity contribution in [1.29, 1.82) is 5.26 Å². The fraction of sp³-hybridized carbons (Fsp3) is 0.353. The molecule has 0 spiro atoms. The Bertz CT molecular complexity index is 606. The van der Waals surface area contributed by atoms with Gasteiger partial charge in [0.25, 0.3) is 0 Å². The highest BCUT2D eigenvalue weighted by Gasteiger charge is 2.06. The Morgan fingerprint density at radius 1 is 1.28 bits per heavy atom. The number of nitrogens with one attached hydrogen (secondary N) is 1. The van der Waals surface area contributed by atoms with Crippen molar-refractivity contribution in [2.45, 2.75) is 26.0 Å². The Morgan fingerprint density at radius 2 is 1.88 bits per heavy atom. The van der Waals surface area contributed by atoms with Crippen molar-refractivity contribution in [1.82, 2.24) is 5.32 Å². The van der Waals surface area contributed by atoms with Gasteiger partial charge in [-0.2, -0.15) is 5.26 Å². The van der Waals surface area contributed by atoms with E-state index in [1.807, 2.05) is 19.9 Å². The van der Waals surface area contributed by atoms with Gasteiger partial charge >= 0.3 is 11.9 Å². The zero-order chi connectivity index (χ0) is 19.2. The summed E-state index contributed by atoms with van der Waals surface area (Å²) in [4.78, 5) is 19.1. The molecular formula is C17H22N2O6. The number of carbonyl (C=O) groups is 2. The number of carboxylic acids is 2. The highest BCUT2D eigenvalue weighted by molar-refractivity contribution is 5.89. The van der Waals surface area contributed by atoms with E-state index in [9.17, 15) is 14.7 Å². The standard InChI is InChI=1S/C13H18N2O2.C4H4O4/c1-10(2)15-8-12(16)9-17-13-5-3-4-11(6-13)7-14;5-3(6)1-2-4(7)8/h3-6,10,12,15-16H,8-9H2,1-2H3;1-2H,(H,5,6)(H,7,8)/b;2-1-. The third-order valence-corrected chi connectivity index (χ3v) is 2.54. The van der Waals surface area contributed by atoms with E-state index in [1.165, 1.54) is 0 Å². The molecule has 0 radical (unpaired) electrons. The normalized spacial score (nSPS) is 11.3. The molecule has 0 saturated carbocycles. The Kier molecular flexibility index (Phi) is 11.1. The number of hydrogen-bond acceptors (Lipinski definition) is 6. The minimum absolute atomic E-state index is 0.217. The summed E-state index contributed by atoms with van der Waals surface area (Å²) in [5.41, 5.74) is 0.553. The van der Waals surface area contributed by atoms with Crippen LogP contribution in [-0.2, 0) is 9.59 Å². The largest absolute Gasteiger partial charge is 0.491 e. The van der Waals surface area contributed by atoms with Crippen LogP contribution in [-0.4, -0.2) is 52.6 Å². The van der Waals surface area contributed by atoms with E-state index in [0.29, 0.717) is 36.1 Å². The second kappa shape index (κ2) is 12.5. The third kappa shape index (κ3) is 13.3. The van der Waals surface area contributed by atoms with Crippen LogP contribution in [0.25, 0.3) is 0 Å². The molecule has 8 heteroatoms. The molecule has 0 saturated heterocycles. The lowest BCUT2D eigenvalue weighted by atomic mass is 10.2. The number of benzene rings is 1. The molecule has 0 heterocycles. The molecule has 8 nitrogen and oxygen atoms in total. The number of nitrogens with zero attached hydrogens (tertiary/aromatic N) is 1. The van der Waals surface area contributed by atoms with Crippen LogP contribution in [0, 0.1) is 11.3 Å². The molecule has 0 aliphatic rings. The zero-order valence-electron chi connectivity index (χ0n) is 14.0. The van der Waals surface area contributed by atoms with Crippen molar-refractivity contribution in [2.24, 2.45) is 0 Å². The summed E-state index contributed by atoms with van der Waals surface area (Å²) in [5, 5.41) is 37.1. The van der Waals surface area contributed by atoms with E-state index in [2.05, 4.69) is 5.32 Å². The number of carboxylic acid groups (broad SMARTS) is 2. The average Bonchev–Trinajstić information content (AvgIpc) is 2.57. The SMILES string of the molecule is CC(C)NCC(O)COc1cccc(C#N)c1.O=C(O)/C=C\C(=O)O. The maximum Gasteiger partial charge on any atom is 0.328 e. The fourth-order valence-corrected chi connectivity index (χ4v) is 1.42. The predicted molar refractivity (Wildman–Crippen MR) is 90.2 cm³/mol. The van der Waals surface area contributed by atoms with Gasteiger partial charge in [0.05, 0.1) is 11.6 Å². The van der Waals surface area contributed by atoms with Crippen LogP contribution in [0.5, 0.6) is 5.75 Å². The Balaban J connectivity index is 0.000000609. The molecule has 136 valence electrons. The molecule has 0 bridgehead atoms. The molecule has 1 atom stereocenters. The first-order valence-electron chi connectivity index (χ1n) is 7.43. The highest BCUT2D eigenvalue weighted by Crippen LogP contribution is 2.12. The topological polar surface area (TPSA) is 140 Å². The quantitative estimate of drug-likeness (QED) is 0.509. The first-order chi connectivity index (χ1) is 11.7.